The van der Waals surface area contributed by atoms with Gasteiger partial charge in [0.15, 0.2) is 0 Å². The molecule has 0 bridgehead atoms. The van der Waals surface area contributed by atoms with Gasteiger partial charge in [-0.3, -0.25) is 4.79 Å². The Bertz CT molecular complexity index is 905. The summed E-state index contributed by atoms with van der Waals surface area (Å²) < 4.78 is 22.0. The number of hydrogen-bond donors (Lipinski definition) is 0. The van der Waals surface area contributed by atoms with Crippen LogP contribution in [0.5, 0.6) is 0 Å². The Morgan fingerprint density at radius 3 is 2.55 bits per heavy atom. The van der Waals surface area contributed by atoms with Crippen LogP contribution in [0.4, 0.5) is 0 Å². The molecule has 2 aromatic carbocycles. The quantitative estimate of drug-likeness (QED) is 0.347. The van der Waals surface area contributed by atoms with E-state index in [-0.39, 0.29) is 31.0 Å². The second-order valence-corrected chi connectivity index (χ2v) is 7.26. The molecule has 1 heterocycles. The summed E-state index contributed by atoms with van der Waals surface area (Å²) in [6, 6.07) is 17.8. The maximum atomic E-state index is 12.5. The van der Waals surface area contributed by atoms with Gasteiger partial charge < -0.3 is 18.9 Å². The molecular formula is C25H28O6. The molecule has 2 aromatic rings. The second-order valence-electron chi connectivity index (χ2n) is 7.26. The van der Waals surface area contributed by atoms with Crippen molar-refractivity contribution in [1.82, 2.24) is 0 Å². The van der Waals surface area contributed by atoms with Crippen LogP contribution in [0.1, 0.15) is 38.7 Å². The molecule has 0 spiro atoms. The molecule has 0 unspecified atom stereocenters. The fraction of sp³-hybridized carbons (Fsp3) is 0.360. The number of carbonyl (C=O) groups is 2. The van der Waals surface area contributed by atoms with Gasteiger partial charge in [-0.2, -0.15) is 0 Å². The van der Waals surface area contributed by atoms with E-state index in [1.54, 1.807) is 13.0 Å². The molecule has 3 rings (SSSR count). The highest BCUT2D eigenvalue weighted by molar-refractivity contribution is 5.91. The van der Waals surface area contributed by atoms with Crippen LogP contribution in [0.2, 0.25) is 0 Å². The number of benzene rings is 2. The Labute approximate surface area is 182 Å². The Morgan fingerprint density at radius 1 is 1.03 bits per heavy atom. The maximum Gasteiger partial charge on any atom is 0.373 e. The van der Waals surface area contributed by atoms with Crippen LogP contribution in [0.3, 0.4) is 0 Å². The average Bonchev–Trinajstić information content (AvgIpc) is 2.78. The third-order valence-corrected chi connectivity index (χ3v) is 4.81. The molecule has 2 atom stereocenters. The van der Waals surface area contributed by atoms with E-state index in [1.165, 1.54) is 6.92 Å². The first-order valence-corrected chi connectivity index (χ1v) is 10.5. The van der Waals surface area contributed by atoms with Crippen molar-refractivity contribution in [2.45, 2.75) is 45.5 Å². The molecule has 0 radical (unpaired) electrons. The molecule has 0 aliphatic carbocycles. The SMILES string of the molecule is CCOC(=O)/C(=C/c1cccc(-c2ccccc2)c1)O[C@@H]1CCC[C@@H](COC(C)=O)O1. The molecule has 1 aliphatic rings. The summed E-state index contributed by atoms with van der Waals surface area (Å²) in [5.74, 6) is -0.805. The summed E-state index contributed by atoms with van der Waals surface area (Å²) in [5, 5.41) is 0. The lowest BCUT2D eigenvalue weighted by Gasteiger charge is -2.30. The zero-order chi connectivity index (χ0) is 22.1. The fourth-order valence-corrected chi connectivity index (χ4v) is 3.36. The normalized spacial score (nSPS) is 18.8. The van der Waals surface area contributed by atoms with Crippen molar-refractivity contribution >= 4 is 18.0 Å². The minimum Gasteiger partial charge on any atom is -0.463 e. The lowest BCUT2D eigenvalue weighted by Crippen LogP contribution is -2.34. The molecule has 0 aromatic heterocycles. The van der Waals surface area contributed by atoms with Crippen molar-refractivity contribution in [1.29, 1.82) is 0 Å². The summed E-state index contributed by atoms with van der Waals surface area (Å²) in [6.45, 7) is 3.52. The van der Waals surface area contributed by atoms with Gasteiger partial charge in [0, 0.05) is 13.3 Å². The molecule has 164 valence electrons. The van der Waals surface area contributed by atoms with Gasteiger partial charge in [0.2, 0.25) is 12.0 Å². The summed E-state index contributed by atoms with van der Waals surface area (Å²) in [4.78, 5) is 23.6. The fourth-order valence-electron chi connectivity index (χ4n) is 3.36. The zero-order valence-corrected chi connectivity index (χ0v) is 17.9. The maximum absolute atomic E-state index is 12.5. The first-order valence-electron chi connectivity index (χ1n) is 10.5. The van der Waals surface area contributed by atoms with Crippen molar-refractivity contribution < 1.29 is 28.5 Å². The van der Waals surface area contributed by atoms with Crippen LogP contribution < -0.4 is 0 Å². The van der Waals surface area contributed by atoms with Crippen LogP contribution in [0.15, 0.2) is 60.4 Å². The monoisotopic (exact) mass is 424 g/mol. The van der Waals surface area contributed by atoms with Crippen LogP contribution in [-0.2, 0) is 28.5 Å². The third kappa shape index (κ3) is 6.96. The van der Waals surface area contributed by atoms with Crippen molar-refractivity contribution in [2.24, 2.45) is 0 Å². The summed E-state index contributed by atoms with van der Waals surface area (Å²) in [5.41, 5.74) is 2.94. The summed E-state index contributed by atoms with van der Waals surface area (Å²) in [6.07, 6.45) is 3.05. The van der Waals surface area contributed by atoms with Gasteiger partial charge in [0.25, 0.3) is 0 Å². The first-order chi connectivity index (χ1) is 15.0. The van der Waals surface area contributed by atoms with Gasteiger partial charge >= 0.3 is 11.9 Å². The largest absolute Gasteiger partial charge is 0.463 e. The van der Waals surface area contributed by atoms with Crippen LogP contribution in [0.25, 0.3) is 17.2 Å². The molecule has 6 nitrogen and oxygen atoms in total. The van der Waals surface area contributed by atoms with E-state index in [1.807, 2.05) is 54.6 Å². The minimum absolute atomic E-state index is 0.0881. The highest BCUT2D eigenvalue weighted by Crippen LogP contribution is 2.25. The number of esters is 2. The topological polar surface area (TPSA) is 71.1 Å². The van der Waals surface area contributed by atoms with Crippen molar-refractivity contribution in [3.05, 3.63) is 65.9 Å². The van der Waals surface area contributed by atoms with E-state index in [9.17, 15) is 9.59 Å². The van der Waals surface area contributed by atoms with Crippen molar-refractivity contribution in [3.8, 4) is 11.1 Å². The van der Waals surface area contributed by atoms with E-state index >= 15 is 0 Å². The van der Waals surface area contributed by atoms with E-state index in [0.717, 1.165) is 29.5 Å². The summed E-state index contributed by atoms with van der Waals surface area (Å²) >= 11 is 0. The zero-order valence-electron chi connectivity index (χ0n) is 17.9. The number of hydrogen-bond acceptors (Lipinski definition) is 6. The van der Waals surface area contributed by atoms with Crippen molar-refractivity contribution in [2.75, 3.05) is 13.2 Å². The minimum atomic E-state index is -0.609. The highest BCUT2D eigenvalue weighted by atomic mass is 16.7. The smallest absolute Gasteiger partial charge is 0.373 e. The van der Waals surface area contributed by atoms with Crippen LogP contribution in [-0.4, -0.2) is 37.5 Å². The Morgan fingerprint density at radius 2 is 1.81 bits per heavy atom. The molecule has 6 heteroatoms. The number of ether oxygens (including phenoxy) is 4. The van der Waals surface area contributed by atoms with Gasteiger partial charge in [-0.1, -0.05) is 48.5 Å². The highest BCUT2D eigenvalue weighted by Gasteiger charge is 2.27. The van der Waals surface area contributed by atoms with Gasteiger partial charge in [-0.05, 0) is 48.6 Å². The van der Waals surface area contributed by atoms with E-state index < -0.39 is 12.3 Å². The first kappa shape index (κ1) is 22.6. The van der Waals surface area contributed by atoms with Crippen LogP contribution in [0, 0.1) is 0 Å². The van der Waals surface area contributed by atoms with Gasteiger partial charge in [0.05, 0.1) is 12.7 Å². The average molecular weight is 424 g/mol. The van der Waals surface area contributed by atoms with Gasteiger partial charge in [-0.25, -0.2) is 4.79 Å². The molecule has 1 saturated heterocycles. The molecule has 1 fully saturated rings. The van der Waals surface area contributed by atoms with Gasteiger partial charge in [0.1, 0.15) is 6.61 Å². The molecule has 31 heavy (non-hydrogen) atoms. The van der Waals surface area contributed by atoms with E-state index in [0.29, 0.717) is 6.42 Å². The Hall–Kier alpha value is -3.12. The lowest BCUT2D eigenvalue weighted by molar-refractivity contribution is -0.194. The number of rotatable bonds is 8. The molecule has 0 amide bonds. The molecule has 0 saturated carbocycles. The number of carbonyl (C=O) groups excluding carboxylic acids is 2. The Balaban J connectivity index is 1.77. The summed E-state index contributed by atoms with van der Waals surface area (Å²) in [7, 11) is 0. The second kappa shape index (κ2) is 11.3. The van der Waals surface area contributed by atoms with Gasteiger partial charge in [-0.15, -0.1) is 0 Å². The predicted molar refractivity (Wildman–Crippen MR) is 117 cm³/mol. The van der Waals surface area contributed by atoms with E-state index in [4.69, 9.17) is 18.9 Å². The predicted octanol–water partition coefficient (Wildman–Crippen LogP) is 4.73. The lowest BCUT2D eigenvalue weighted by atomic mass is 10.0. The van der Waals surface area contributed by atoms with Crippen LogP contribution >= 0.6 is 0 Å². The van der Waals surface area contributed by atoms with E-state index in [2.05, 4.69) is 0 Å². The molecule has 0 N–H and O–H groups in total. The standard InChI is InChI=1S/C25H28O6/c1-3-28-25(27)23(31-24-14-8-13-22(30-24)17-29-18(2)26)16-19-9-7-12-21(15-19)20-10-5-4-6-11-20/h4-7,9-12,15-16,22,24H,3,8,13-14,17H2,1-2H3/b23-16-/t22-,24+/m0/s1. The Kier molecular flexibility index (Phi) is 8.24. The molecular weight excluding hydrogens is 396 g/mol. The van der Waals surface area contributed by atoms with Crippen molar-refractivity contribution in [3.63, 3.8) is 0 Å². The third-order valence-electron chi connectivity index (χ3n) is 4.81. The molecule has 1 aliphatic heterocycles.